The van der Waals surface area contributed by atoms with Gasteiger partial charge in [0.25, 0.3) is 0 Å². The van der Waals surface area contributed by atoms with Gasteiger partial charge in [0.1, 0.15) is 0 Å². The van der Waals surface area contributed by atoms with E-state index in [4.69, 9.17) is 5.73 Å². The fourth-order valence-electron chi connectivity index (χ4n) is 1.60. The van der Waals surface area contributed by atoms with Crippen LogP contribution in [-0.2, 0) is 0 Å². The van der Waals surface area contributed by atoms with Gasteiger partial charge in [0.15, 0.2) is 0 Å². The van der Waals surface area contributed by atoms with Crippen molar-refractivity contribution in [2.45, 2.75) is 18.9 Å². The van der Waals surface area contributed by atoms with Crippen LogP contribution in [0.5, 0.6) is 0 Å². The molecule has 0 bridgehead atoms. The molecule has 2 rings (SSSR count). The van der Waals surface area contributed by atoms with Gasteiger partial charge in [-0.2, -0.15) is 0 Å². The zero-order chi connectivity index (χ0) is 8.60. The number of rotatable bonds is 0. The molecule has 0 fully saturated rings. The Hall–Kier alpha value is -1.02. The molecular weight excluding hydrogens is 148 g/mol. The topological polar surface area (TPSA) is 38.0 Å². The average Bonchev–Trinajstić information content (AvgIpc) is 2.02. The molecule has 1 unspecified atom stereocenters. The Balaban J connectivity index is 2.35. The van der Waals surface area contributed by atoms with Gasteiger partial charge in [0.05, 0.1) is 0 Å². The minimum absolute atomic E-state index is 0.164. The monoisotopic (exact) mass is 162 g/mol. The Labute approximate surface area is 72.8 Å². The molecule has 0 radical (unpaired) electrons. The van der Waals surface area contributed by atoms with E-state index in [1.54, 1.807) is 0 Å². The highest BCUT2D eigenvalue weighted by Gasteiger charge is 2.21. The third-order valence-corrected chi connectivity index (χ3v) is 2.25. The lowest BCUT2D eigenvalue weighted by Crippen LogP contribution is -2.37. The minimum atomic E-state index is -0.164. The van der Waals surface area contributed by atoms with Gasteiger partial charge in [0.2, 0.25) is 0 Å². The van der Waals surface area contributed by atoms with Crippen molar-refractivity contribution in [3.05, 3.63) is 35.6 Å². The third kappa shape index (κ3) is 1.30. The van der Waals surface area contributed by atoms with Crippen molar-refractivity contribution < 1.29 is 0 Å². The van der Waals surface area contributed by atoms with Gasteiger partial charge in [-0.3, -0.25) is 0 Å². The summed E-state index contributed by atoms with van der Waals surface area (Å²) in [5.74, 6) is 0. The van der Waals surface area contributed by atoms with Crippen LogP contribution < -0.4 is 11.1 Å². The largest absolute Gasteiger partial charge is 0.381 e. The predicted octanol–water partition coefficient (Wildman–Crippen LogP) is 1.08. The zero-order valence-electron chi connectivity index (χ0n) is 7.30. The molecular formula is C10H14N2. The molecule has 3 N–H and O–H groups in total. The lowest BCUT2D eigenvalue weighted by Gasteiger charge is -2.28. The Morgan fingerprint density at radius 1 is 1.58 bits per heavy atom. The van der Waals surface area contributed by atoms with Crippen LogP contribution in [0.4, 0.5) is 0 Å². The molecule has 2 heteroatoms. The summed E-state index contributed by atoms with van der Waals surface area (Å²) in [6.07, 6.45) is 9.48. The Morgan fingerprint density at radius 2 is 2.42 bits per heavy atom. The molecule has 1 aliphatic carbocycles. The van der Waals surface area contributed by atoms with Crippen molar-refractivity contribution in [3.63, 3.8) is 0 Å². The SMILES string of the molecule is CC1(N)C=C2C=CCNC2=CC1. The summed E-state index contributed by atoms with van der Waals surface area (Å²) in [7, 11) is 0. The maximum Gasteiger partial charge on any atom is 0.0373 e. The summed E-state index contributed by atoms with van der Waals surface area (Å²) in [5, 5.41) is 3.31. The number of fused-ring (bicyclic) bond motifs is 1. The predicted molar refractivity (Wildman–Crippen MR) is 50.5 cm³/mol. The Morgan fingerprint density at radius 3 is 3.25 bits per heavy atom. The van der Waals surface area contributed by atoms with Gasteiger partial charge in [-0.1, -0.05) is 24.3 Å². The molecule has 64 valence electrons. The first-order valence-electron chi connectivity index (χ1n) is 4.30. The highest BCUT2D eigenvalue weighted by molar-refractivity contribution is 5.46. The van der Waals surface area contributed by atoms with E-state index in [9.17, 15) is 0 Å². The number of allylic oxidation sites excluding steroid dienone is 1. The first-order valence-corrected chi connectivity index (χ1v) is 4.30. The molecule has 1 aliphatic heterocycles. The van der Waals surface area contributed by atoms with Crippen molar-refractivity contribution in [2.24, 2.45) is 5.73 Å². The number of hydrogen-bond acceptors (Lipinski definition) is 2. The van der Waals surface area contributed by atoms with E-state index in [1.807, 2.05) is 0 Å². The second kappa shape index (κ2) is 2.49. The maximum absolute atomic E-state index is 6.00. The van der Waals surface area contributed by atoms with Gasteiger partial charge in [0, 0.05) is 17.8 Å². The average molecular weight is 162 g/mol. The van der Waals surface area contributed by atoms with Crippen LogP contribution in [0.3, 0.4) is 0 Å². The summed E-state index contributed by atoms with van der Waals surface area (Å²) >= 11 is 0. The maximum atomic E-state index is 6.00. The van der Waals surface area contributed by atoms with E-state index in [2.05, 4.69) is 36.5 Å². The molecule has 0 aromatic rings. The van der Waals surface area contributed by atoms with Crippen LogP contribution in [0.1, 0.15) is 13.3 Å². The molecule has 1 atom stereocenters. The van der Waals surface area contributed by atoms with E-state index < -0.39 is 0 Å². The molecule has 0 saturated carbocycles. The normalized spacial score (nSPS) is 33.2. The van der Waals surface area contributed by atoms with E-state index in [0.29, 0.717) is 0 Å². The summed E-state index contributed by atoms with van der Waals surface area (Å²) in [5.41, 5.74) is 8.31. The van der Waals surface area contributed by atoms with E-state index in [-0.39, 0.29) is 5.54 Å². The summed E-state index contributed by atoms with van der Waals surface area (Å²) in [6.45, 7) is 2.99. The highest BCUT2D eigenvalue weighted by Crippen LogP contribution is 2.24. The second-order valence-electron chi connectivity index (χ2n) is 3.71. The summed E-state index contributed by atoms with van der Waals surface area (Å²) < 4.78 is 0. The number of nitrogens with one attached hydrogen (secondary N) is 1. The van der Waals surface area contributed by atoms with Crippen LogP contribution in [0.25, 0.3) is 0 Å². The van der Waals surface area contributed by atoms with Gasteiger partial charge in [-0.15, -0.1) is 0 Å². The molecule has 0 aromatic heterocycles. The van der Waals surface area contributed by atoms with E-state index in [0.717, 1.165) is 13.0 Å². The molecule has 0 amide bonds. The van der Waals surface area contributed by atoms with Crippen LogP contribution >= 0.6 is 0 Å². The summed E-state index contributed by atoms with van der Waals surface area (Å²) in [4.78, 5) is 0. The zero-order valence-corrected chi connectivity index (χ0v) is 7.30. The van der Waals surface area contributed by atoms with Crippen LogP contribution in [-0.4, -0.2) is 12.1 Å². The Kier molecular flexibility index (Phi) is 1.58. The molecule has 2 aliphatic rings. The van der Waals surface area contributed by atoms with Crippen LogP contribution in [0.15, 0.2) is 35.6 Å². The fraction of sp³-hybridized carbons (Fsp3) is 0.400. The van der Waals surface area contributed by atoms with Gasteiger partial charge in [-0.25, -0.2) is 0 Å². The molecule has 0 saturated heterocycles. The molecule has 1 heterocycles. The standard InChI is InChI=1S/C10H14N2/c1-10(11)5-4-9-8(7-10)3-2-6-12-9/h2-4,7,12H,5-6,11H2,1H3. The van der Waals surface area contributed by atoms with E-state index in [1.165, 1.54) is 11.3 Å². The van der Waals surface area contributed by atoms with Crippen molar-refractivity contribution >= 4 is 0 Å². The lowest BCUT2D eigenvalue weighted by atomic mass is 9.88. The lowest BCUT2D eigenvalue weighted by molar-refractivity contribution is 0.577. The Bertz CT molecular complexity index is 282. The minimum Gasteiger partial charge on any atom is -0.381 e. The van der Waals surface area contributed by atoms with E-state index >= 15 is 0 Å². The molecule has 2 nitrogen and oxygen atoms in total. The van der Waals surface area contributed by atoms with Gasteiger partial charge >= 0.3 is 0 Å². The first-order chi connectivity index (χ1) is 5.67. The smallest absolute Gasteiger partial charge is 0.0373 e. The van der Waals surface area contributed by atoms with Crippen molar-refractivity contribution in [1.82, 2.24) is 5.32 Å². The highest BCUT2D eigenvalue weighted by atomic mass is 14.9. The van der Waals surface area contributed by atoms with Gasteiger partial charge < -0.3 is 11.1 Å². The molecule has 12 heavy (non-hydrogen) atoms. The summed E-state index contributed by atoms with van der Waals surface area (Å²) in [6, 6.07) is 0. The second-order valence-corrected chi connectivity index (χ2v) is 3.71. The quantitative estimate of drug-likeness (QED) is 0.559. The third-order valence-electron chi connectivity index (χ3n) is 2.25. The number of hydrogen-bond donors (Lipinski definition) is 2. The van der Waals surface area contributed by atoms with Crippen molar-refractivity contribution in [3.8, 4) is 0 Å². The fourth-order valence-corrected chi connectivity index (χ4v) is 1.60. The first kappa shape index (κ1) is 7.62. The van der Waals surface area contributed by atoms with Crippen LogP contribution in [0.2, 0.25) is 0 Å². The van der Waals surface area contributed by atoms with Crippen LogP contribution in [0, 0.1) is 0 Å². The van der Waals surface area contributed by atoms with Gasteiger partial charge in [-0.05, 0) is 18.9 Å². The van der Waals surface area contributed by atoms with Crippen molar-refractivity contribution in [2.75, 3.05) is 6.54 Å². The van der Waals surface area contributed by atoms with Crippen molar-refractivity contribution in [1.29, 1.82) is 0 Å². The molecule has 0 spiro atoms. The number of nitrogens with two attached hydrogens (primary N) is 1. The molecule has 0 aromatic carbocycles.